The summed E-state index contributed by atoms with van der Waals surface area (Å²) in [6.07, 6.45) is 0. The fourth-order valence-corrected chi connectivity index (χ4v) is 1.98. The maximum absolute atomic E-state index is 12.1. The monoisotopic (exact) mass is 342 g/mol. The first-order chi connectivity index (χ1) is 10.8. The summed E-state index contributed by atoms with van der Waals surface area (Å²) in [7, 11) is 1.41. The average molecular weight is 343 g/mol. The summed E-state index contributed by atoms with van der Waals surface area (Å²) in [4.78, 5) is 35.1. The van der Waals surface area contributed by atoms with Gasteiger partial charge in [0.1, 0.15) is 11.8 Å². The van der Waals surface area contributed by atoms with Crippen LogP contribution >= 0.6 is 11.6 Å². The molecule has 5 N–H and O–H groups in total. The molecule has 0 radical (unpaired) electrons. The Hall–Kier alpha value is -2.48. The molecule has 8 nitrogen and oxygen atoms in total. The molecule has 0 aliphatic heterocycles. The molecule has 1 aromatic carbocycles. The number of carbonyl (C=O) groups excluding carboxylic acids is 3. The first-order valence-corrected chi connectivity index (χ1v) is 7.13. The number of hydrogen-bond donors (Lipinski definition) is 4. The minimum absolute atomic E-state index is 0.157. The van der Waals surface area contributed by atoms with Crippen molar-refractivity contribution in [2.45, 2.75) is 19.9 Å². The van der Waals surface area contributed by atoms with Crippen molar-refractivity contribution in [3.8, 4) is 5.75 Å². The predicted molar refractivity (Wildman–Crippen MR) is 85.0 cm³/mol. The number of nitrogens with two attached hydrogens (primary N) is 1. The number of halogens is 1. The number of hydrogen-bond acceptors (Lipinski definition) is 4. The van der Waals surface area contributed by atoms with Crippen LogP contribution in [0.1, 0.15) is 24.2 Å². The lowest BCUT2D eigenvalue weighted by Crippen LogP contribution is -2.55. The zero-order valence-corrected chi connectivity index (χ0v) is 13.7. The predicted octanol–water partition coefficient (Wildman–Crippen LogP) is 0.802. The summed E-state index contributed by atoms with van der Waals surface area (Å²) < 4.78 is 5.06. The number of amides is 4. The second-order valence-electron chi connectivity index (χ2n) is 5.02. The van der Waals surface area contributed by atoms with Gasteiger partial charge in [0.05, 0.1) is 12.7 Å². The minimum Gasteiger partial charge on any atom is -0.496 e. The number of carbonyl (C=O) groups is 3. The van der Waals surface area contributed by atoms with E-state index in [9.17, 15) is 14.4 Å². The molecule has 0 aromatic heterocycles. The smallest absolute Gasteiger partial charge is 0.312 e. The standard InChI is InChI=1S/C14H19ClN4O4/c1-7(2)11(17-14(16)22)13(21)19-18-12(20)9-6-8(15)4-5-10(9)23-3/h4-7,11H,1-3H3,(H,18,20)(H,19,21)(H3,16,17,22)/t11-/m0/s1. The summed E-state index contributed by atoms with van der Waals surface area (Å²) >= 11 is 5.85. The average Bonchev–Trinajstić information content (AvgIpc) is 2.49. The second kappa shape index (κ2) is 8.23. The van der Waals surface area contributed by atoms with Gasteiger partial charge in [0.15, 0.2) is 0 Å². The molecular formula is C14H19ClN4O4. The third-order valence-electron chi connectivity index (χ3n) is 2.95. The van der Waals surface area contributed by atoms with Gasteiger partial charge in [-0.1, -0.05) is 25.4 Å². The van der Waals surface area contributed by atoms with Gasteiger partial charge in [-0.2, -0.15) is 0 Å². The van der Waals surface area contributed by atoms with Crippen LogP contribution in [0.25, 0.3) is 0 Å². The quantitative estimate of drug-likeness (QED) is 0.591. The van der Waals surface area contributed by atoms with Gasteiger partial charge in [-0.3, -0.25) is 20.4 Å². The number of primary amides is 1. The number of urea groups is 1. The number of ether oxygens (including phenoxy) is 1. The summed E-state index contributed by atoms with van der Waals surface area (Å²) in [6, 6.07) is 2.80. The minimum atomic E-state index is -0.881. The zero-order chi connectivity index (χ0) is 17.6. The lowest BCUT2D eigenvalue weighted by molar-refractivity contribution is -0.124. The van der Waals surface area contributed by atoms with Gasteiger partial charge in [-0.05, 0) is 24.1 Å². The third kappa shape index (κ3) is 5.33. The van der Waals surface area contributed by atoms with Gasteiger partial charge >= 0.3 is 6.03 Å². The topological polar surface area (TPSA) is 123 Å². The molecule has 0 aliphatic rings. The number of hydrazine groups is 1. The molecular weight excluding hydrogens is 324 g/mol. The highest BCUT2D eigenvalue weighted by molar-refractivity contribution is 6.31. The van der Waals surface area contributed by atoms with Gasteiger partial charge in [0.2, 0.25) is 0 Å². The van der Waals surface area contributed by atoms with Crippen molar-refractivity contribution in [3.05, 3.63) is 28.8 Å². The maximum atomic E-state index is 12.1. The Kier molecular flexibility index (Phi) is 6.65. The van der Waals surface area contributed by atoms with Crippen LogP contribution in [0.15, 0.2) is 18.2 Å². The van der Waals surface area contributed by atoms with Crippen LogP contribution in [0.3, 0.4) is 0 Å². The molecule has 0 aliphatic carbocycles. The van der Waals surface area contributed by atoms with Crippen molar-refractivity contribution >= 4 is 29.4 Å². The van der Waals surface area contributed by atoms with E-state index in [4.69, 9.17) is 22.1 Å². The molecule has 0 bridgehead atoms. The third-order valence-corrected chi connectivity index (χ3v) is 3.19. The first-order valence-electron chi connectivity index (χ1n) is 6.76. The summed E-state index contributed by atoms with van der Waals surface area (Å²) in [6.45, 7) is 3.45. The molecule has 0 fully saturated rings. The van der Waals surface area contributed by atoms with Gasteiger partial charge in [-0.25, -0.2) is 4.79 Å². The highest BCUT2D eigenvalue weighted by Crippen LogP contribution is 2.22. The highest BCUT2D eigenvalue weighted by atomic mass is 35.5. The van der Waals surface area contributed by atoms with E-state index in [1.807, 2.05) is 0 Å². The largest absolute Gasteiger partial charge is 0.496 e. The molecule has 1 rings (SSSR count). The van der Waals surface area contributed by atoms with Crippen LogP contribution in [0.2, 0.25) is 5.02 Å². The Morgan fingerprint density at radius 1 is 1.22 bits per heavy atom. The zero-order valence-electron chi connectivity index (χ0n) is 13.0. The second-order valence-corrected chi connectivity index (χ2v) is 5.45. The van der Waals surface area contributed by atoms with E-state index in [-0.39, 0.29) is 11.5 Å². The maximum Gasteiger partial charge on any atom is 0.312 e. The Morgan fingerprint density at radius 2 is 1.87 bits per heavy atom. The normalized spacial score (nSPS) is 11.5. The van der Waals surface area contributed by atoms with Crippen molar-refractivity contribution in [1.82, 2.24) is 16.2 Å². The summed E-state index contributed by atoms with van der Waals surface area (Å²) in [5.74, 6) is -1.13. The molecule has 126 valence electrons. The van der Waals surface area contributed by atoms with Crippen LogP contribution in [0, 0.1) is 5.92 Å². The molecule has 1 atom stereocenters. The number of nitrogens with one attached hydrogen (secondary N) is 3. The van der Waals surface area contributed by atoms with Crippen LogP contribution in [-0.4, -0.2) is 31.0 Å². The van der Waals surface area contributed by atoms with E-state index in [2.05, 4.69) is 16.2 Å². The van der Waals surface area contributed by atoms with E-state index in [1.165, 1.54) is 19.2 Å². The molecule has 0 saturated carbocycles. The van der Waals surface area contributed by atoms with E-state index >= 15 is 0 Å². The van der Waals surface area contributed by atoms with Crippen molar-refractivity contribution < 1.29 is 19.1 Å². The summed E-state index contributed by atoms with van der Waals surface area (Å²) in [5.41, 5.74) is 9.65. The van der Waals surface area contributed by atoms with Crippen molar-refractivity contribution in [1.29, 1.82) is 0 Å². The SMILES string of the molecule is COc1ccc(Cl)cc1C(=O)NNC(=O)[C@@H](NC(N)=O)C(C)C. The molecule has 1 aromatic rings. The molecule has 4 amide bonds. The van der Waals surface area contributed by atoms with Crippen molar-refractivity contribution in [2.75, 3.05) is 7.11 Å². The molecule has 9 heteroatoms. The Balaban J connectivity index is 2.77. The van der Waals surface area contributed by atoms with Gasteiger partial charge in [0.25, 0.3) is 11.8 Å². The van der Waals surface area contributed by atoms with Crippen LogP contribution < -0.4 is 26.6 Å². The lowest BCUT2D eigenvalue weighted by Gasteiger charge is -2.20. The van der Waals surface area contributed by atoms with E-state index in [0.717, 1.165) is 0 Å². The first kappa shape index (κ1) is 18.6. The number of rotatable bonds is 5. The van der Waals surface area contributed by atoms with E-state index < -0.39 is 23.9 Å². The van der Waals surface area contributed by atoms with E-state index in [0.29, 0.717) is 10.8 Å². The number of benzene rings is 1. The molecule has 0 heterocycles. The Labute approximate surface area is 138 Å². The van der Waals surface area contributed by atoms with Crippen LogP contribution in [0.4, 0.5) is 4.79 Å². The summed E-state index contributed by atoms with van der Waals surface area (Å²) in [5, 5.41) is 2.65. The Morgan fingerprint density at radius 3 is 2.39 bits per heavy atom. The Bertz CT molecular complexity index is 606. The fraction of sp³-hybridized carbons (Fsp3) is 0.357. The molecule has 0 saturated heterocycles. The fourth-order valence-electron chi connectivity index (χ4n) is 1.81. The highest BCUT2D eigenvalue weighted by Gasteiger charge is 2.24. The van der Waals surface area contributed by atoms with Gasteiger partial charge < -0.3 is 15.8 Å². The van der Waals surface area contributed by atoms with E-state index in [1.54, 1.807) is 19.9 Å². The number of methoxy groups -OCH3 is 1. The van der Waals surface area contributed by atoms with Crippen molar-refractivity contribution in [2.24, 2.45) is 11.7 Å². The van der Waals surface area contributed by atoms with Gasteiger partial charge in [-0.15, -0.1) is 0 Å². The molecule has 0 unspecified atom stereocenters. The van der Waals surface area contributed by atoms with Gasteiger partial charge in [0, 0.05) is 5.02 Å². The van der Waals surface area contributed by atoms with Crippen LogP contribution in [0.5, 0.6) is 5.75 Å². The van der Waals surface area contributed by atoms with Crippen LogP contribution in [-0.2, 0) is 4.79 Å². The molecule has 0 spiro atoms. The van der Waals surface area contributed by atoms with Crippen molar-refractivity contribution in [3.63, 3.8) is 0 Å². The molecule has 23 heavy (non-hydrogen) atoms. The lowest BCUT2D eigenvalue weighted by atomic mass is 10.0.